The zero-order valence-electron chi connectivity index (χ0n) is 19.5. The average molecular weight is 528 g/mol. The van der Waals surface area contributed by atoms with E-state index in [1.807, 2.05) is 36.4 Å². The summed E-state index contributed by atoms with van der Waals surface area (Å²) in [5, 5.41) is 15.3. The van der Waals surface area contributed by atoms with E-state index in [4.69, 9.17) is 10.2 Å². The van der Waals surface area contributed by atoms with E-state index in [1.165, 1.54) is 12.1 Å². The van der Waals surface area contributed by atoms with Crippen molar-refractivity contribution < 1.29 is 22.2 Å². The van der Waals surface area contributed by atoms with Gasteiger partial charge in [-0.3, -0.25) is 0 Å². The molecule has 0 radical (unpaired) electrons. The number of halogens is 3. The smallest absolute Gasteiger partial charge is 0.338 e. The molecular weight excluding hydrogens is 503 g/mol. The molecule has 1 atom stereocenters. The van der Waals surface area contributed by atoms with E-state index in [0.717, 1.165) is 34.8 Å². The van der Waals surface area contributed by atoms with Crippen LogP contribution in [0.2, 0.25) is 0 Å². The first-order chi connectivity index (χ1) is 17.7. The van der Waals surface area contributed by atoms with Crippen LogP contribution >= 0.6 is 0 Å². The number of anilines is 1. The van der Waals surface area contributed by atoms with Gasteiger partial charge in [0, 0.05) is 17.8 Å². The van der Waals surface area contributed by atoms with Gasteiger partial charge in [0.05, 0.1) is 27.5 Å². The number of benzene rings is 3. The molecule has 0 aliphatic heterocycles. The number of urea groups is 1. The number of carbonyl (C=O) groups is 1. The minimum Gasteiger partial charge on any atom is -0.338 e. The number of amides is 2. The molecule has 192 valence electrons. The summed E-state index contributed by atoms with van der Waals surface area (Å²) in [7, 11) is -1.58. The molecular formula is C26H24F3N5O2S. The van der Waals surface area contributed by atoms with E-state index < -0.39 is 28.8 Å². The highest BCUT2D eigenvalue weighted by atomic mass is 32.2. The van der Waals surface area contributed by atoms with Crippen molar-refractivity contribution in [1.29, 1.82) is 0 Å². The van der Waals surface area contributed by atoms with Gasteiger partial charge in [-0.1, -0.05) is 36.4 Å². The number of carbonyl (C=O) groups excluding carboxylic acids is 1. The number of hydrogen-bond acceptors (Lipinski definition) is 3. The van der Waals surface area contributed by atoms with Crippen LogP contribution in [0.1, 0.15) is 17.7 Å². The molecule has 0 aliphatic carbocycles. The molecule has 0 spiro atoms. The Balaban J connectivity index is 1.40. The van der Waals surface area contributed by atoms with Crippen molar-refractivity contribution in [2.45, 2.75) is 23.9 Å². The molecule has 4 rings (SSSR count). The highest BCUT2D eigenvalue weighted by Crippen LogP contribution is 2.30. The van der Waals surface area contributed by atoms with Gasteiger partial charge in [0.15, 0.2) is 0 Å². The Hall–Kier alpha value is -3.96. The van der Waals surface area contributed by atoms with E-state index in [-0.39, 0.29) is 5.69 Å². The van der Waals surface area contributed by atoms with Crippen molar-refractivity contribution in [3.63, 3.8) is 0 Å². The van der Waals surface area contributed by atoms with Crippen molar-refractivity contribution in [2.75, 3.05) is 11.9 Å². The topological polar surface area (TPSA) is 102 Å². The first-order valence-corrected chi connectivity index (χ1v) is 12.5. The number of aryl methyl sites for hydroxylation is 1. The fraction of sp³-hybridized carbons (Fsp3) is 0.154. The van der Waals surface area contributed by atoms with Gasteiger partial charge >= 0.3 is 12.2 Å². The number of alkyl halides is 3. The Labute approximate surface area is 214 Å². The predicted molar refractivity (Wildman–Crippen MR) is 136 cm³/mol. The average Bonchev–Trinajstić information content (AvgIpc) is 3.31. The first-order valence-electron chi connectivity index (χ1n) is 11.3. The van der Waals surface area contributed by atoms with E-state index >= 15 is 0 Å². The van der Waals surface area contributed by atoms with Crippen molar-refractivity contribution in [2.24, 2.45) is 5.14 Å². The quantitative estimate of drug-likeness (QED) is 0.271. The second kappa shape index (κ2) is 11.4. The normalized spacial score (nSPS) is 12.2. The molecule has 0 fully saturated rings. The van der Waals surface area contributed by atoms with Crippen LogP contribution < -0.4 is 15.8 Å². The maximum Gasteiger partial charge on any atom is 0.416 e. The van der Waals surface area contributed by atoms with Crippen LogP contribution in [0.5, 0.6) is 0 Å². The molecule has 7 nitrogen and oxygen atoms in total. The molecule has 11 heteroatoms. The van der Waals surface area contributed by atoms with Crippen LogP contribution in [0.4, 0.5) is 23.7 Å². The summed E-state index contributed by atoms with van der Waals surface area (Å²) in [6, 6.07) is 22.5. The summed E-state index contributed by atoms with van der Waals surface area (Å²) in [5.41, 5.74) is 2.63. The van der Waals surface area contributed by atoms with Crippen molar-refractivity contribution in [1.82, 2.24) is 15.1 Å². The fourth-order valence-electron chi connectivity index (χ4n) is 3.71. The van der Waals surface area contributed by atoms with Gasteiger partial charge in [-0.15, -0.1) is 0 Å². The van der Waals surface area contributed by atoms with Gasteiger partial charge < -0.3 is 10.6 Å². The van der Waals surface area contributed by atoms with Gasteiger partial charge in [0.2, 0.25) is 0 Å². The molecule has 3 aromatic carbocycles. The molecule has 4 N–H and O–H groups in total. The van der Waals surface area contributed by atoms with Crippen molar-refractivity contribution in [3.8, 4) is 16.9 Å². The van der Waals surface area contributed by atoms with Gasteiger partial charge in [0.25, 0.3) is 0 Å². The van der Waals surface area contributed by atoms with E-state index in [0.29, 0.717) is 24.3 Å². The van der Waals surface area contributed by atoms with Gasteiger partial charge in [0.1, 0.15) is 11.0 Å². The SMILES string of the molecule is NS(=O)c1ccc(-n2nc(CCCNC(=O)Nc3cccc(C(F)(F)F)c3)cc2-c2ccccc2)cc1. The number of nitrogens with zero attached hydrogens (tertiary/aromatic N) is 2. The number of nitrogens with one attached hydrogen (secondary N) is 2. The zero-order valence-corrected chi connectivity index (χ0v) is 20.4. The highest BCUT2D eigenvalue weighted by Gasteiger charge is 2.30. The van der Waals surface area contributed by atoms with E-state index in [2.05, 4.69) is 10.6 Å². The maximum atomic E-state index is 12.9. The van der Waals surface area contributed by atoms with Gasteiger partial charge in [-0.05, 0) is 61.4 Å². The second-order valence-corrected chi connectivity index (χ2v) is 9.22. The Kier molecular flexibility index (Phi) is 8.04. The summed E-state index contributed by atoms with van der Waals surface area (Å²) < 4.78 is 51.9. The van der Waals surface area contributed by atoms with Crippen molar-refractivity contribution >= 4 is 22.7 Å². The van der Waals surface area contributed by atoms with Crippen LogP contribution in [-0.2, 0) is 23.6 Å². The standard InChI is InChI=1S/C26H24F3N5O2S/c27-26(28,29)19-8-4-9-20(16-19)32-25(35)31-15-5-10-21-17-24(18-6-2-1-3-7-18)34(33-21)22-11-13-23(14-12-22)37(30)36/h1-4,6-9,11-14,16-17H,5,10,15,30H2,(H2,31,32,35). The van der Waals surface area contributed by atoms with E-state index in [9.17, 15) is 22.2 Å². The third-order valence-electron chi connectivity index (χ3n) is 5.49. The summed E-state index contributed by atoms with van der Waals surface area (Å²) in [4.78, 5) is 12.6. The lowest BCUT2D eigenvalue weighted by Crippen LogP contribution is -2.29. The third-order valence-corrected chi connectivity index (χ3v) is 6.22. The Morgan fingerprint density at radius 2 is 1.70 bits per heavy atom. The summed E-state index contributed by atoms with van der Waals surface area (Å²) >= 11 is 0. The molecule has 2 amide bonds. The molecule has 1 heterocycles. The molecule has 0 saturated carbocycles. The lowest BCUT2D eigenvalue weighted by atomic mass is 10.1. The van der Waals surface area contributed by atoms with Crippen LogP contribution in [0.25, 0.3) is 16.9 Å². The minimum atomic E-state index is -4.48. The van der Waals surface area contributed by atoms with Crippen LogP contribution in [-0.4, -0.2) is 26.6 Å². The van der Waals surface area contributed by atoms with Crippen LogP contribution in [0.15, 0.2) is 89.8 Å². The molecule has 0 aliphatic rings. The predicted octanol–water partition coefficient (Wildman–Crippen LogP) is 5.29. The molecule has 4 aromatic rings. The van der Waals surface area contributed by atoms with E-state index in [1.54, 1.807) is 28.9 Å². The number of rotatable bonds is 8. The lowest BCUT2D eigenvalue weighted by Gasteiger charge is -2.10. The summed E-state index contributed by atoms with van der Waals surface area (Å²) in [5.74, 6) is 0. The van der Waals surface area contributed by atoms with Crippen LogP contribution in [0.3, 0.4) is 0 Å². The summed E-state index contributed by atoms with van der Waals surface area (Å²) in [6.45, 7) is 0.301. The second-order valence-electron chi connectivity index (χ2n) is 8.15. The summed E-state index contributed by atoms with van der Waals surface area (Å²) in [6.07, 6.45) is -3.37. The third kappa shape index (κ3) is 6.83. The molecule has 0 saturated heterocycles. The first kappa shape index (κ1) is 26.1. The molecule has 1 aromatic heterocycles. The Morgan fingerprint density at radius 3 is 2.38 bits per heavy atom. The van der Waals surface area contributed by atoms with Gasteiger partial charge in [-0.25, -0.2) is 18.8 Å². The zero-order chi connectivity index (χ0) is 26.4. The minimum absolute atomic E-state index is 0.0584. The number of nitrogens with two attached hydrogens (primary N) is 1. The lowest BCUT2D eigenvalue weighted by molar-refractivity contribution is -0.137. The molecule has 1 unspecified atom stereocenters. The highest BCUT2D eigenvalue weighted by molar-refractivity contribution is 7.82. The molecule has 0 bridgehead atoms. The van der Waals surface area contributed by atoms with Crippen LogP contribution in [0, 0.1) is 0 Å². The number of aromatic nitrogens is 2. The fourth-order valence-corrected chi connectivity index (χ4v) is 4.11. The maximum absolute atomic E-state index is 12.9. The number of hydrogen-bond donors (Lipinski definition) is 3. The Bertz CT molecular complexity index is 1390. The molecule has 37 heavy (non-hydrogen) atoms. The largest absolute Gasteiger partial charge is 0.416 e. The monoisotopic (exact) mass is 527 g/mol. The van der Waals surface area contributed by atoms with Crippen molar-refractivity contribution in [3.05, 3.63) is 96.2 Å². The van der Waals surface area contributed by atoms with Gasteiger partial charge in [-0.2, -0.15) is 18.3 Å². The Morgan fingerprint density at radius 1 is 0.973 bits per heavy atom.